The molecule has 206 valence electrons. The lowest BCUT2D eigenvalue weighted by Crippen LogP contribution is -2.22. The molecule has 0 saturated heterocycles. The summed E-state index contributed by atoms with van der Waals surface area (Å²) in [5, 5.41) is 21.1. The monoisotopic (exact) mass is 521 g/mol. The van der Waals surface area contributed by atoms with E-state index in [2.05, 4.69) is 62.2 Å². The molecule has 3 aromatic rings. The summed E-state index contributed by atoms with van der Waals surface area (Å²) in [6.07, 6.45) is 6.21. The SMILES string of the molecule is C=CC(=O)OCC(CO)CCC(O)COc1ccc2cc(-c3ccc(CCCCC)cc3C)n(CC)c2c1. The molecule has 1 heterocycles. The van der Waals surface area contributed by atoms with E-state index >= 15 is 0 Å². The molecule has 2 atom stereocenters. The van der Waals surface area contributed by atoms with E-state index in [1.54, 1.807) is 0 Å². The van der Waals surface area contributed by atoms with Crippen LogP contribution in [0.1, 0.15) is 57.1 Å². The molecule has 0 fully saturated rings. The minimum Gasteiger partial charge on any atom is -0.491 e. The zero-order valence-electron chi connectivity index (χ0n) is 23.1. The zero-order valence-corrected chi connectivity index (χ0v) is 23.1. The highest BCUT2D eigenvalue weighted by Gasteiger charge is 2.16. The lowest BCUT2D eigenvalue weighted by Gasteiger charge is -2.17. The Hall–Kier alpha value is -3.09. The van der Waals surface area contributed by atoms with Crippen molar-refractivity contribution in [3.63, 3.8) is 0 Å². The Kier molecular flexibility index (Phi) is 11.4. The van der Waals surface area contributed by atoms with Gasteiger partial charge in [0, 0.05) is 47.9 Å². The van der Waals surface area contributed by atoms with Crippen molar-refractivity contribution in [2.75, 3.05) is 19.8 Å². The molecule has 0 amide bonds. The average Bonchev–Trinajstić information content (AvgIpc) is 3.29. The van der Waals surface area contributed by atoms with E-state index < -0.39 is 12.1 Å². The van der Waals surface area contributed by atoms with Gasteiger partial charge in [0.15, 0.2) is 0 Å². The topological polar surface area (TPSA) is 80.9 Å². The normalized spacial score (nSPS) is 12.9. The second-order valence-corrected chi connectivity index (χ2v) is 10.0. The first-order valence-electron chi connectivity index (χ1n) is 13.8. The Morgan fingerprint density at radius 2 is 1.89 bits per heavy atom. The van der Waals surface area contributed by atoms with Crippen molar-refractivity contribution in [1.29, 1.82) is 0 Å². The van der Waals surface area contributed by atoms with Crippen molar-refractivity contribution in [2.45, 2.75) is 71.9 Å². The third-order valence-electron chi connectivity index (χ3n) is 7.06. The van der Waals surface area contributed by atoms with Gasteiger partial charge in [0.2, 0.25) is 0 Å². The van der Waals surface area contributed by atoms with Gasteiger partial charge in [-0.25, -0.2) is 4.79 Å². The van der Waals surface area contributed by atoms with Gasteiger partial charge in [0.25, 0.3) is 0 Å². The first-order valence-corrected chi connectivity index (χ1v) is 13.8. The molecule has 2 aromatic carbocycles. The first-order chi connectivity index (χ1) is 18.4. The van der Waals surface area contributed by atoms with Crippen molar-refractivity contribution in [2.24, 2.45) is 5.92 Å². The number of aryl methyl sites for hydroxylation is 3. The Labute approximate surface area is 226 Å². The van der Waals surface area contributed by atoms with Gasteiger partial charge < -0.3 is 24.3 Å². The van der Waals surface area contributed by atoms with E-state index in [4.69, 9.17) is 9.47 Å². The largest absolute Gasteiger partial charge is 0.491 e. The molecular formula is C32H43NO5. The Balaban J connectivity index is 1.66. The second-order valence-electron chi connectivity index (χ2n) is 10.0. The quantitative estimate of drug-likeness (QED) is 0.133. The number of fused-ring (bicyclic) bond motifs is 1. The number of carbonyl (C=O) groups excluding carboxylic acids is 1. The fraction of sp³-hybridized carbons (Fsp3) is 0.469. The van der Waals surface area contributed by atoms with Crippen LogP contribution in [-0.2, 0) is 22.5 Å². The van der Waals surface area contributed by atoms with Gasteiger partial charge in [0.1, 0.15) is 12.4 Å². The van der Waals surface area contributed by atoms with Gasteiger partial charge in [-0.05, 0) is 68.9 Å². The van der Waals surface area contributed by atoms with Gasteiger partial charge >= 0.3 is 5.97 Å². The lowest BCUT2D eigenvalue weighted by atomic mass is 9.99. The van der Waals surface area contributed by atoms with E-state index in [1.807, 2.05) is 12.1 Å². The van der Waals surface area contributed by atoms with Crippen LogP contribution in [0.15, 0.2) is 55.1 Å². The number of benzene rings is 2. The highest BCUT2D eigenvalue weighted by molar-refractivity contribution is 5.88. The number of unbranched alkanes of at least 4 members (excludes halogenated alkanes) is 2. The summed E-state index contributed by atoms with van der Waals surface area (Å²) in [4.78, 5) is 11.2. The number of hydrogen-bond donors (Lipinski definition) is 2. The lowest BCUT2D eigenvalue weighted by molar-refractivity contribution is -0.139. The van der Waals surface area contributed by atoms with Gasteiger partial charge in [-0.15, -0.1) is 0 Å². The molecule has 0 bridgehead atoms. The van der Waals surface area contributed by atoms with E-state index in [0.29, 0.717) is 18.6 Å². The number of carbonyl (C=O) groups is 1. The highest BCUT2D eigenvalue weighted by atomic mass is 16.5. The number of esters is 1. The maximum Gasteiger partial charge on any atom is 0.330 e. The second kappa shape index (κ2) is 14.7. The molecule has 6 nitrogen and oxygen atoms in total. The standard InChI is InChI=1S/C32H43NO5/c1-5-8-9-10-24-12-16-29(23(4)17-24)31-18-26-13-15-28(19-30(26)33(31)7-3)37-22-27(35)14-11-25(20-34)21-38-32(36)6-2/h6,12-13,15-19,25,27,34-35H,2,5,7-11,14,20-22H2,1,3-4H3. The summed E-state index contributed by atoms with van der Waals surface area (Å²) in [5.41, 5.74) is 6.24. The number of aliphatic hydroxyl groups is 2. The number of aromatic nitrogens is 1. The number of ether oxygens (including phenoxy) is 2. The third kappa shape index (κ3) is 7.95. The fourth-order valence-corrected chi connectivity index (χ4v) is 4.83. The summed E-state index contributed by atoms with van der Waals surface area (Å²) < 4.78 is 13.3. The molecule has 0 radical (unpaired) electrons. The summed E-state index contributed by atoms with van der Waals surface area (Å²) in [6, 6.07) is 15.1. The van der Waals surface area contributed by atoms with E-state index in [-0.39, 0.29) is 25.7 Å². The van der Waals surface area contributed by atoms with Gasteiger partial charge in [-0.3, -0.25) is 0 Å². The predicted molar refractivity (Wildman–Crippen MR) is 153 cm³/mol. The first kappa shape index (κ1) is 29.5. The zero-order chi connectivity index (χ0) is 27.5. The van der Waals surface area contributed by atoms with Crippen LogP contribution in [-0.4, -0.2) is 46.7 Å². The van der Waals surface area contributed by atoms with Crippen LogP contribution >= 0.6 is 0 Å². The molecule has 6 heteroatoms. The number of aliphatic hydroxyl groups excluding tert-OH is 2. The van der Waals surface area contributed by atoms with Crippen LogP contribution in [0.4, 0.5) is 0 Å². The van der Waals surface area contributed by atoms with Crippen molar-refractivity contribution < 1.29 is 24.5 Å². The third-order valence-corrected chi connectivity index (χ3v) is 7.06. The van der Waals surface area contributed by atoms with Gasteiger partial charge in [0.05, 0.1) is 18.2 Å². The van der Waals surface area contributed by atoms with Crippen LogP contribution in [0, 0.1) is 12.8 Å². The van der Waals surface area contributed by atoms with Gasteiger partial charge in [-0.2, -0.15) is 0 Å². The molecule has 0 aliphatic rings. The highest BCUT2D eigenvalue weighted by Crippen LogP contribution is 2.33. The molecule has 0 spiro atoms. The Bertz CT molecular complexity index is 1200. The van der Waals surface area contributed by atoms with E-state index in [9.17, 15) is 15.0 Å². The van der Waals surface area contributed by atoms with Gasteiger partial charge in [-0.1, -0.05) is 44.5 Å². The summed E-state index contributed by atoms with van der Waals surface area (Å²) in [5.74, 6) is -0.0418. The fourth-order valence-electron chi connectivity index (χ4n) is 4.83. The predicted octanol–water partition coefficient (Wildman–Crippen LogP) is 6.23. The molecule has 0 aliphatic carbocycles. The molecule has 38 heavy (non-hydrogen) atoms. The molecule has 0 saturated carbocycles. The molecule has 3 rings (SSSR count). The minimum absolute atomic E-state index is 0.100. The van der Waals surface area contributed by atoms with Crippen molar-refractivity contribution >= 4 is 16.9 Å². The minimum atomic E-state index is -0.693. The number of nitrogens with zero attached hydrogens (tertiary/aromatic N) is 1. The molecular weight excluding hydrogens is 478 g/mol. The van der Waals surface area contributed by atoms with Crippen molar-refractivity contribution in [3.05, 3.63) is 66.2 Å². The van der Waals surface area contributed by atoms with Crippen LogP contribution in [0.5, 0.6) is 5.75 Å². The smallest absolute Gasteiger partial charge is 0.330 e. The van der Waals surface area contributed by atoms with E-state index in [0.717, 1.165) is 29.9 Å². The Morgan fingerprint density at radius 3 is 2.58 bits per heavy atom. The molecule has 2 N–H and O–H groups in total. The maximum absolute atomic E-state index is 11.2. The van der Waals surface area contributed by atoms with Crippen LogP contribution in [0.25, 0.3) is 22.2 Å². The number of rotatable bonds is 16. The summed E-state index contributed by atoms with van der Waals surface area (Å²) >= 11 is 0. The maximum atomic E-state index is 11.2. The van der Waals surface area contributed by atoms with Crippen molar-refractivity contribution in [1.82, 2.24) is 4.57 Å². The van der Waals surface area contributed by atoms with Crippen LogP contribution in [0.2, 0.25) is 0 Å². The molecule has 2 unspecified atom stereocenters. The van der Waals surface area contributed by atoms with E-state index in [1.165, 1.54) is 41.6 Å². The molecule has 0 aliphatic heterocycles. The Morgan fingerprint density at radius 1 is 1.08 bits per heavy atom. The van der Waals surface area contributed by atoms with Crippen LogP contribution in [0.3, 0.4) is 0 Å². The summed E-state index contributed by atoms with van der Waals surface area (Å²) in [7, 11) is 0. The average molecular weight is 522 g/mol. The summed E-state index contributed by atoms with van der Waals surface area (Å²) in [6.45, 7) is 10.9. The van der Waals surface area contributed by atoms with Crippen molar-refractivity contribution in [3.8, 4) is 17.0 Å². The molecule has 1 aromatic heterocycles. The number of hydrogen-bond acceptors (Lipinski definition) is 5. The van der Waals surface area contributed by atoms with Crippen LogP contribution < -0.4 is 4.74 Å².